The minimum absolute atomic E-state index is 0.0325. The highest BCUT2D eigenvalue weighted by Crippen LogP contribution is 2.51. The fourth-order valence-electron chi connectivity index (χ4n) is 5.23. The fraction of sp³-hybridized carbons (Fsp3) is 0.500. The molecule has 1 atom stereocenters. The number of nitrogens with one attached hydrogen (secondary N) is 3. The van der Waals surface area contributed by atoms with Crippen LogP contribution in [0, 0.1) is 5.92 Å². The molecule has 2 heterocycles. The van der Waals surface area contributed by atoms with Crippen molar-refractivity contribution in [3.8, 4) is 0 Å². The molecule has 12 heteroatoms. The number of aromatic nitrogens is 2. The Hall–Kier alpha value is -4.22. The first-order valence-corrected chi connectivity index (χ1v) is 13.4. The molecular weight excluding hydrogens is 518 g/mol. The van der Waals surface area contributed by atoms with Crippen LogP contribution in [0.15, 0.2) is 45.9 Å². The molecule has 3 aliphatic rings. The summed E-state index contributed by atoms with van der Waals surface area (Å²) in [7, 11) is 1.25. The highest BCUT2D eigenvalue weighted by molar-refractivity contribution is 6.00. The average molecular weight is 554 g/mol. The van der Waals surface area contributed by atoms with E-state index >= 15 is 0 Å². The van der Waals surface area contributed by atoms with Crippen molar-refractivity contribution in [2.75, 3.05) is 12.4 Å². The van der Waals surface area contributed by atoms with Gasteiger partial charge in [-0.05, 0) is 56.6 Å². The third-order valence-electron chi connectivity index (χ3n) is 7.33. The van der Waals surface area contributed by atoms with Crippen LogP contribution in [0.5, 0.6) is 0 Å². The number of pyridine rings is 1. The summed E-state index contributed by atoms with van der Waals surface area (Å²) < 4.78 is 11.3. The van der Waals surface area contributed by atoms with E-state index in [1.54, 1.807) is 6.07 Å². The van der Waals surface area contributed by atoms with Gasteiger partial charge in [0.2, 0.25) is 17.6 Å². The maximum absolute atomic E-state index is 13.2. The van der Waals surface area contributed by atoms with Crippen LogP contribution >= 0.6 is 0 Å². The predicted molar refractivity (Wildman–Crippen MR) is 144 cm³/mol. The first-order valence-electron chi connectivity index (χ1n) is 13.4. The molecule has 12 nitrogen and oxygen atoms in total. The molecule has 3 aliphatic carbocycles. The van der Waals surface area contributed by atoms with E-state index in [1.165, 1.54) is 42.3 Å². The summed E-state index contributed by atoms with van der Waals surface area (Å²) in [6.45, 7) is 3.56. The Kier molecular flexibility index (Phi) is 8.86. The molecule has 3 fully saturated rings. The maximum atomic E-state index is 13.2. The normalized spacial score (nSPS) is 20.1. The number of fused-ring (bicyclic) bond motifs is 1. The number of hydrogen-bond donors (Lipinski definition) is 3. The zero-order valence-electron chi connectivity index (χ0n) is 22.9. The number of rotatable bonds is 12. The number of allylic oxidation sites excluding steroid dienone is 1. The Morgan fingerprint density at radius 3 is 2.70 bits per heavy atom. The van der Waals surface area contributed by atoms with Crippen LogP contribution in [0.2, 0.25) is 0 Å². The number of methoxy groups -OCH3 is 1. The van der Waals surface area contributed by atoms with Crippen LogP contribution < -0.4 is 21.5 Å². The predicted octanol–water partition coefficient (Wildman–Crippen LogP) is 2.26. The van der Waals surface area contributed by atoms with Gasteiger partial charge in [-0.15, -0.1) is 0 Å². The van der Waals surface area contributed by atoms with E-state index in [2.05, 4.69) is 25.7 Å². The molecule has 2 aromatic rings. The lowest BCUT2D eigenvalue weighted by atomic mass is 9.77. The highest BCUT2D eigenvalue weighted by atomic mass is 16.5. The fourth-order valence-corrected chi connectivity index (χ4v) is 5.23. The van der Waals surface area contributed by atoms with E-state index in [4.69, 9.17) is 4.42 Å². The van der Waals surface area contributed by atoms with E-state index in [0.717, 1.165) is 25.7 Å². The number of amides is 3. The number of ether oxygens (including phenoxy) is 1. The Bertz CT molecular complexity index is 1350. The molecule has 2 bridgehead atoms. The van der Waals surface area contributed by atoms with Crippen LogP contribution in [-0.4, -0.2) is 51.9 Å². The van der Waals surface area contributed by atoms with Gasteiger partial charge in [0.25, 0.3) is 11.5 Å². The number of esters is 1. The number of carbonyl (C=O) groups excluding carboxylic acids is 4. The van der Waals surface area contributed by atoms with Crippen molar-refractivity contribution >= 4 is 29.4 Å². The monoisotopic (exact) mass is 553 g/mol. The summed E-state index contributed by atoms with van der Waals surface area (Å²) in [5, 5.41) is 8.26. The molecule has 0 unspecified atom stereocenters. The summed E-state index contributed by atoms with van der Waals surface area (Å²) in [4.78, 5) is 67.2. The second-order valence-corrected chi connectivity index (χ2v) is 10.7. The van der Waals surface area contributed by atoms with Crippen molar-refractivity contribution < 1.29 is 28.3 Å². The lowest BCUT2D eigenvalue weighted by Gasteiger charge is -2.39. The Morgan fingerprint density at radius 2 is 2.05 bits per heavy atom. The molecule has 3 N–H and O–H groups in total. The summed E-state index contributed by atoms with van der Waals surface area (Å²) >= 11 is 0. The van der Waals surface area contributed by atoms with Gasteiger partial charge in [-0.1, -0.05) is 19.9 Å². The summed E-state index contributed by atoms with van der Waals surface area (Å²) in [6.07, 6.45) is 9.93. The molecule has 0 radical (unpaired) electrons. The number of carbonyl (C=O) groups is 4. The lowest BCUT2D eigenvalue weighted by Crippen LogP contribution is -2.53. The first-order chi connectivity index (χ1) is 19.1. The number of oxazole rings is 1. The van der Waals surface area contributed by atoms with Crippen LogP contribution in [0.3, 0.4) is 0 Å². The van der Waals surface area contributed by atoms with Crippen molar-refractivity contribution in [3.63, 3.8) is 0 Å². The van der Waals surface area contributed by atoms with Crippen molar-refractivity contribution in [1.29, 1.82) is 0 Å². The molecule has 0 saturated heterocycles. The van der Waals surface area contributed by atoms with Gasteiger partial charge in [-0.3, -0.25) is 19.2 Å². The van der Waals surface area contributed by atoms with E-state index < -0.39 is 29.4 Å². The van der Waals surface area contributed by atoms with Gasteiger partial charge in [-0.25, -0.2) is 9.78 Å². The molecule has 2 aromatic heterocycles. The average Bonchev–Trinajstić information content (AvgIpc) is 3.64. The molecule has 3 saturated carbocycles. The zero-order chi connectivity index (χ0) is 28.9. The minimum atomic E-state index is -1.08. The van der Waals surface area contributed by atoms with Crippen molar-refractivity contribution in [1.82, 2.24) is 20.2 Å². The van der Waals surface area contributed by atoms with Gasteiger partial charge in [0.15, 0.2) is 5.89 Å². The molecule has 3 amide bonds. The second-order valence-electron chi connectivity index (χ2n) is 10.7. The van der Waals surface area contributed by atoms with Gasteiger partial charge >= 0.3 is 5.97 Å². The van der Waals surface area contributed by atoms with Crippen LogP contribution in [0.4, 0.5) is 5.69 Å². The van der Waals surface area contributed by atoms with Gasteiger partial charge in [-0.2, -0.15) is 0 Å². The number of hydrogen-bond acceptors (Lipinski definition) is 8. The molecule has 0 aromatic carbocycles. The van der Waals surface area contributed by atoms with Crippen LogP contribution in [-0.2, 0) is 25.7 Å². The van der Waals surface area contributed by atoms with Gasteiger partial charge < -0.3 is 29.7 Å². The standard InChI is InChI=1S/C28H35N5O7/c1-17(2)26-29-15-21(40-26)25(37)30-19(7-4-5-9-23(35)39-3)24(36)31-20-8-6-12-33(27(20)38)16-22(34)32-28-11-10-18(13-28)14-28/h5-6,8-9,12,15,17-19H,4,7,10-11,13-14,16H2,1-3H3,(H,30,37)(H,31,36)(H,32,34)/b9-5+/t18?,19-,28?/m0/s1. The topological polar surface area (TPSA) is 162 Å². The Labute approximate surface area is 231 Å². The largest absolute Gasteiger partial charge is 0.466 e. The highest BCUT2D eigenvalue weighted by Gasteiger charge is 2.50. The number of nitrogens with zero attached hydrogens (tertiary/aromatic N) is 2. The Balaban J connectivity index is 1.43. The summed E-state index contributed by atoms with van der Waals surface area (Å²) in [6, 6.07) is 1.92. The van der Waals surface area contributed by atoms with Crippen molar-refractivity contribution in [2.24, 2.45) is 5.92 Å². The quantitative estimate of drug-likeness (QED) is 0.266. The van der Waals surface area contributed by atoms with Gasteiger partial charge in [0.1, 0.15) is 18.3 Å². The molecule has 214 valence electrons. The molecular formula is C28H35N5O7. The summed E-state index contributed by atoms with van der Waals surface area (Å²) in [5.74, 6) is -1.11. The molecule has 0 spiro atoms. The van der Waals surface area contributed by atoms with Crippen LogP contribution in [0.1, 0.15) is 74.7 Å². The third-order valence-corrected chi connectivity index (χ3v) is 7.33. The van der Waals surface area contributed by atoms with E-state index in [9.17, 15) is 24.0 Å². The van der Waals surface area contributed by atoms with E-state index in [0.29, 0.717) is 11.8 Å². The molecule has 0 aliphatic heterocycles. The smallest absolute Gasteiger partial charge is 0.330 e. The number of anilines is 1. The van der Waals surface area contributed by atoms with Crippen molar-refractivity contribution in [2.45, 2.75) is 76.4 Å². The molecule has 5 rings (SSSR count). The van der Waals surface area contributed by atoms with Crippen LogP contribution in [0.25, 0.3) is 0 Å². The first kappa shape index (κ1) is 28.8. The van der Waals surface area contributed by atoms with Crippen molar-refractivity contribution in [3.05, 3.63) is 58.7 Å². The Morgan fingerprint density at radius 1 is 1.27 bits per heavy atom. The SMILES string of the molecule is COC(=O)/C=C/CC[C@H](NC(=O)c1cnc(C(C)C)o1)C(=O)Nc1cccn(CC(=O)NC23CCC(C2)C3)c1=O. The second kappa shape index (κ2) is 12.3. The maximum Gasteiger partial charge on any atom is 0.330 e. The van der Waals surface area contributed by atoms with Gasteiger partial charge in [0.05, 0.1) is 13.3 Å². The van der Waals surface area contributed by atoms with E-state index in [1.807, 2.05) is 13.8 Å². The zero-order valence-corrected chi connectivity index (χ0v) is 22.9. The van der Waals surface area contributed by atoms with E-state index in [-0.39, 0.29) is 48.2 Å². The molecule has 40 heavy (non-hydrogen) atoms. The summed E-state index contributed by atoms with van der Waals surface area (Å²) in [5.41, 5.74) is -0.715. The minimum Gasteiger partial charge on any atom is -0.466 e. The van der Waals surface area contributed by atoms with Gasteiger partial charge in [0, 0.05) is 23.7 Å². The lowest BCUT2D eigenvalue weighted by molar-refractivity contribution is -0.134. The third kappa shape index (κ3) is 6.85.